The molecule has 0 aliphatic carbocycles. The smallest absolute Gasteiger partial charge is 0.246 e. The standard InChI is InChI=1S/C29H42N4O4S/c1-20(2)15-17-31-27(35)10-6-8-22-7-4-5-9-25(22)32-29(37)26(16-18-38-3)33-28(36)24(30)19-21-11-13-23(34)14-12-21/h4-5,7,9,11-14,20,24,26,34H,6,8,10,15-19,30H2,1-3H3,(H,31,35)(H,32,37)(H,33,36)/t24-,26+/m0/s1. The predicted molar refractivity (Wildman–Crippen MR) is 155 cm³/mol. The summed E-state index contributed by atoms with van der Waals surface area (Å²) in [5.41, 5.74) is 8.55. The number of para-hydroxylation sites is 1. The van der Waals surface area contributed by atoms with Crippen LogP contribution in [-0.4, -0.2) is 53.5 Å². The van der Waals surface area contributed by atoms with Gasteiger partial charge in [0.15, 0.2) is 0 Å². The number of carbonyl (C=O) groups is 3. The second kappa shape index (κ2) is 16.7. The highest BCUT2D eigenvalue weighted by molar-refractivity contribution is 7.98. The van der Waals surface area contributed by atoms with Crippen LogP contribution in [0.25, 0.3) is 0 Å². The third-order valence-electron chi connectivity index (χ3n) is 6.14. The molecule has 2 atom stereocenters. The van der Waals surface area contributed by atoms with Crippen LogP contribution in [0.1, 0.15) is 50.7 Å². The fourth-order valence-corrected chi connectivity index (χ4v) is 4.34. The number of nitrogens with one attached hydrogen (secondary N) is 3. The van der Waals surface area contributed by atoms with Gasteiger partial charge in [-0.2, -0.15) is 11.8 Å². The maximum Gasteiger partial charge on any atom is 0.246 e. The van der Waals surface area contributed by atoms with Gasteiger partial charge < -0.3 is 26.8 Å². The van der Waals surface area contributed by atoms with E-state index in [0.717, 1.165) is 17.5 Å². The highest BCUT2D eigenvalue weighted by atomic mass is 32.2. The summed E-state index contributed by atoms with van der Waals surface area (Å²) in [6, 6.07) is 12.5. The molecule has 0 unspecified atom stereocenters. The Hall–Kier alpha value is -3.04. The summed E-state index contributed by atoms with van der Waals surface area (Å²) >= 11 is 1.59. The lowest BCUT2D eigenvalue weighted by Crippen LogP contribution is -2.50. The Bertz CT molecular complexity index is 1030. The lowest BCUT2D eigenvalue weighted by atomic mass is 10.0. The number of amides is 3. The van der Waals surface area contributed by atoms with Crippen LogP contribution >= 0.6 is 11.8 Å². The van der Waals surface area contributed by atoms with Gasteiger partial charge in [-0.1, -0.05) is 44.2 Å². The van der Waals surface area contributed by atoms with Crippen LogP contribution in [0.5, 0.6) is 5.75 Å². The molecule has 3 amide bonds. The number of rotatable bonds is 16. The molecule has 0 heterocycles. The lowest BCUT2D eigenvalue weighted by Gasteiger charge is -2.21. The minimum absolute atomic E-state index is 0.0376. The Labute approximate surface area is 230 Å². The van der Waals surface area contributed by atoms with E-state index < -0.39 is 18.0 Å². The summed E-state index contributed by atoms with van der Waals surface area (Å²) in [6.07, 6.45) is 5.39. The molecule has 6 N–H and O–H groups in total. The molecule has 0 aliphatic rings. The quantitative estimate of drug-likeness (QED) is 0.220. The van der Waals surface area contributed by atoms with Crippen LogP contribution in [0.4, 0.5) is 5.69 Å². The Morgan fingerprint density at radius 2 is 1.71 bits per heavy atom. The van der Waals surface area contributed by atoms with E-state index in [2.05, 4.69) is 29.8 Å². The van der Waals surface area contributed by atoms with Gasteiger partial charge in [0.1, 0.15) is 11.8 Å². The van der Waals surface area contributed by atoms with Crippen molar-refractivity contribution in [3.8, 4) is 5.75 Å². The first kappa shape index (κ1) is 31.2. The van der Waals surface area contributed by atoms with Crippen LogP contribution in [0.3, 0.4) is 0 Å². The molecule has 9 heteroatoms. The molecule has 38 heavy (non-hydrogen) atoms. The van der Waals surface area contributed by atoms with Crippen molar-refractivity contribution in [1.29, 1.82) is 0 Å². The summed E-state index contributed by atoms with van der Waals surface area (Å²) in [7, 11) is 0. The number of benzene rings is 2. The van der Waals surface area contributed by atoms with E-state index in [1.54, 1.807) is 36.0 Å². The van der Waals surface area contributed by atoms with Crippen molar-refractivity contribution in [2.75, 3.05) is 23.9 Å². The highest BCUT2D eigenvalue weighted by Gasteiger charge is 2.24. The Kier molecular flexibility index (Phi) is 13.7. The monoisotopic (exact) mass is 542 g/mol. The molecule has 2 rings (SSSR count). The zero-order chi connectivity index (χ0) is 27.9. The van der Waals surface area contributed by atoms with Crippen LogP contribution in [0.15, 0.2) is 48.5 Å². The van der Waals surface area contributed by atoms with E-state index >= 15 is 0 Å². The molecular formula is C29H42N4O4S. The first-order valence-corrected chi connectivity index (χ1v) is 14.6. The summed E-state index contributed by atoms with van der Waals surface area (Å²) < 4.78 is 0. The van der Waals surface area contributed by atoms with Gasteiger partial charge in [0.2, 0.25) is 17.7 Å². The summed E-state index contributed by atoms with van der Waals surface area (Å²) in [4.78, 5) is 38.1. The van der Waals surface area contributed by atoms with Crippen molar-refractivity contribution in [1.82, 2.24) is 10.6 Å². The van der Waals surface area contributed by atoms with Gasteiger partial charge in [-0.15, -0.1) is 0 Å². The van der Waals surface area contributed by atoms with Gasteiger partial charge in [-0.25, -0.2) is 0 Å². The molecular weight excluding hydrogens is 500 g/mol. The second-order valence-corrected chi connectivity index (χ2v) is 10.8. The number of phenolic OH excluding ortho intramolecular Hbond substituents is 1. The molecule has 0 saturated carbocycles. The van der Waals surface area contributed by atoms with Gasteiger partial charge in [0.25, 0.3) is 0 Å². The minimum Gasteiger partial charge on any atom is -0.508 e. The molecule has 8 nitrogen and oxygen atoms in total. The van der Waals surface area contributed by atoms with E-state index in [0.29, 0.717) is 49.6 Å². The molecule has 0 saturated heterocycles. The number of anilines is 1. The van der Waals surface area contributed by atoms with E-state index in [4.69, 9.17) is 5.73 Å². The molecule has 2 aromatic rings. The van der Waals surface area contributed by atoms with Crippen molar-refractivity contribution in [3.63, 3.8) is 0 Å². The summed E-state index contributed by atoms with van der Waals surface area (Å²) in [5.74, 6) is 0.713. The third-order valence-corrected chi connectivity index (χ3v) is 6.79. The van der Waals surface area contributed by atoms with Crippen molar-refractivity contribution in [2.45, 2.75) is 64.5 Å². The first-order chi connectivity index (χ1) is 18.2. The number of thioether (sulfide) groups is 1. The maximum absolute atomic E-state index is 13.2. The summed E-state index contributed by atoms with van der Waals surface area (Å²) in [6.45, 7) is 4.94. The second-order valence-electron chi connectivity index (χ2n) is 9.85. The summed E-state index contributed by atoms with van der Waals surface area (Å²) in [5, 5.41) is 18.2. The van der Waals surface area contributed by atoms with E-state index in [-0.39, 0.29) is 24.0 Å². The molecule has 0 radical (unpaired) electrons. The van der Waals surface area contributed by atoms with Gasteiger partial charge in [-0.3, -0.25) is 14.4 Å². The molecule has 0 spiro atoms. The fraction of sp³-hybridized carbons (Fsp3) is 0.483. The number of aryl methyl sites for hydroxylation is 1. The normalized spacial score (nSPS) is 12.6. The predicted octanol–water partition coefficient (Wildman–Crippen LogP) is 3.62. The zero-order valence-corrected chi connectivity index (χ0v) is 23.5. The number of hydrogen-bond acceptors (Lipinski definition) is 6. The molecule has 208 valence electrons. The van der Waals surface area contributed by atoms with Crippen molar-refractivity contribution in [3.05, 3.63) is 59.7 Å². The molecule has 0 aromatic heterocycles. The minimum atomic E-state index is -0.830. The highest BCUT2D eigenvalue weighted by Crippen LogP contribution is 2.19. The van der Waals surface area contributed by atoms with Gasteiger partial charge in [0, 0.05) is 18.7 Å². The van der Waals surface area contributed by atoms with E-state index in [1.165, 1.54) is 0 Å². The van der Waals surface area contributed by atoms with Gasteiger partial charge in [-0.05, 0) is 79.4 Å². The lowest BCUT2D eigenvalue weighted by molar-refractivity contribution is -0.127. The van der Waals surface area contributed by atoms with Crippen molar-refractivity contribution in [2.24, 2.45) is 11.7 Å². The van der Waals surface area contributed by atoms with Crippen molar-refractivity contribution < 1.29 is 19.5 Å². The van der Waals surface area contributed by atoms with E-state index in [9.17, 15) is 19.5 Å². The van der Waals surface area contributed by atoms with E-state index in [1.807, 2.05) is 30.5 Å². The van der Waals surface area contributed by atoms with Crippen molar-refractivity contribution >= 4 is 35.2 Å². The maximum atomic E-state index is 13.2. The average molecular weight is 543 g/mol. The first-order valence-electron chi connectivity index (χ1n) is 13.2. The number of phenols is 1. The number of nitrogens with two attached hydrogens (primary N) is 1. The average Bonchev–Trinajstić information content (AvgIpc) is 2.88. The Balaban J connectivity index is 1.95. The molecule has 2 aromatic carbocycles. The van der Waals surface area contributed by atoms with Crippen LogP contribution in [0, 0.1) is 5.92 Å². The number of carbonyl (C=O) groups excluding carboxylic acids is 3. The topological polar surface area (TPSA) is 134 Å². The van der Waals surface area contributed by atoms with Crippen LogP contribution < -0.4 is 21.7 Å². The third kappa shape index (κ3) is 11.6. The molecule has 0 fully saturated rings. The molecule has 0 bridgehead atoms. The zero-order valence-electron chi connectivity index (χ0n) is 22.7. The number of hydrogen-bond donors (Lipinski definition) is 5. The molecule has 0 aliphatic heterocycles. The largest absolute Gasteiger partial charge is 0.508 e. The van der Waals surface area contributed by atoms with Gasteiger partial charge in [0.05, 0.1) is 6.04 Å². The van der Waals surface area contributed by atoms with Gasteiger partial charge >= 0.3 is 0 Å². The fourth-order valence-electron chi connectivity index (χ4n) is 3.87. The number of aromatic hydroxyl groups is 1. The van der Waals surface area contributed by atoms with Crippen LogP contribution in [-0.2, 0) is 27.2 Å². The SMILES string of the molecule is CSCC[C@@H](NC(=O)[C@@H](N)Cc1ccc(O)cc1)C(=O)Nc1ccccc1CCCC(=O)NCCC(C)C. The Morgan fingerprint density at radius 1 is 1.00 bits per heavy atom. The Morgan fingerprint density at radius 3 is 2.39 bits per heavy atom. The van der Waals surface area contributed by atoms with Crippen LogP contribution in [0.2, 0.25) is 0 Å².